The summed E-state index contributed by atoms with van der Waals surface area (Å²) in [5, 5.41) is 9.17. The fraction of sp³-hybridized carbons (Fsp3) is 0.414. The van der Waals surface area contributed by atoms with E-state index in [1.807, 2.05) is 0 Å². The molecule has 5 nitrogen and oxygen atoms in total. The third-order valence-corrected chi connectivity index (χ3v) is 7.58. The Morgan fingerprint density at radius 1 is 1.02 bits per heavy atom. The molecule has 2 heterocycles. The number of nitriles is 1. The van der Waals surface area contributed by atoms with Crippen molar-refractivity contribution in [3.63, 3.8) is 0 Å². The van der Waals surface area contributed by atoms with E-state index < -0.39 is 41.0 Å². The van der Waals surface area contributed by atoms with Crippen LogP contribution < -0.4 is 0 Å². The molecule has 2 saturated heterocycles. The van der Waals surface area contributed by atoms with Crippen LogP contribution in [0.5, 0.6) is 0 Å². The number of piperidine rings is 2. The number of halogens is 6. The van der Waals surface area contributed by atoms with Crippen LogP contribution in [0.25, 0.3) is 5.70 Å². The summed E-state index contributed by atoms with van der Waals surface area (Å²) in [7, 11) is 0. The van der Waals surface area contributed by atoms with E-state index in [1.165, 1.54) is 6.07 Å². The second kappa shape index (κ2) is 11.7. The minimum Gasteiger partial charge on any atom is -0.325 e. The molecule has 0 saturated carbocycles. The molecule has 4 rings (SSSR count). The number of alkyl halides is 3. The van der Waals surface area contributed by atoms with Crippen molar-refractivity contribution in [1.82, 2.24) is 9.80 Å². The number of rotatable bonds is 4. The van der Waals surface area contributed by atoms with Gasteiger partial charge >= 0.3 is 12.2 Å². The second-order valence-corrected chi connectivity index (χ2v) is 10.3. The normalized spacial score (nSPS) is 20.8. The lowest BCUT2D eigenvalue weighted by Crippen LogP contribution is -2.52. The van der Waals surface area contributed by atoms with E-state index in [1.54, 1.807) is 22.8 Å². The molecule has 2 amide bonds. The number of hydrogen-bond donors (Lipinski definition) is 0. The molecule has 2 unspecified atom stereocenters. The highest BCUT2D eigenvalue weighted by atomic mass is 19.4. The van der Waals surface area contributed by atoms with Gasteiger partial charge in [-0.25, -0.2) is 18.0 Å². The number of aliphatic imine (C=N–C) groups is 1. The predicted octanol–water partition coefficient (Wildman–Crippen LogP) is 7.02. The zero-order valence-electron chi connectivity index (χ0n) is 21.8. The van der Waals surface area contributed by atoms with Gasteiger partial charge in [-0.15, -0.1) is 0 Å². The van der Waals surface area contributed by atoms with Crippen LogP contribution in [0.2, 0.25) is 0 Å². The highest BCUT2D eigenvalue weighted by Crippen LogP contribution is 2.36. The largest absolute Gasteiger partial charge is 0.416 e. The Morgan fingerprint density at radius 3 is 2.35 bits per heavy atom. The molecule has 40 heavy (non-hydrogen) atoms. The van der Waals surface area contributed by atoms with Gasteiger partial charge in [0.2, 0.25) is 0 Å². The topological polar surface area (TPSA) is 59.7 Å². The number of nitrogens with zero attached hydrogens (tertiary/aromatic N) is 4. The van der Waals surface area contributed by atoms with Crippen molar-refractivity contribution in [2.24, 2.45) is 16.8 Å². The number of likely N-dealkylation sites (tertiary alicyclic amines) is 2. The first kappa shape index (κ1) is 29.2. The monoisotopic (exact) mass is 562 g/mol. The van der Waals surface area contributed by atoms with Crippen molar-refractivity contribution >= 4 is 17.4 Å². The number of carbonyl (C=O) groups excluding carboxylic acids is 1. The first-order valence-electron chi connectivity index (χ1n) is 12.9. The van der Waals surface area contributed by atoms with Gasteiger partial charge < -0.3 is 9.80 Å². The van der Waals surface area contributed by atoms with E-state index in [4.69, 9.17) is 0 Å². The molecule has 0 radical (unpaired) electrons. The lowest BCUT2D eigenvalue weighted by molar-refractivity contribution is -0.137. The lowest BCUT2D eigenvalue weighted by Gasteiger charge is -2.41. The summed E-state index contributed by atoms with van der Waals surface area (Å²) in [6.07, 6.45) is -3.11. The molecule has 0 spiro atoms. The lowest BCUT2D eigenvalue weighted by atomic mass is 9.82. The molecular formula is C29H28F6N4O. The summed E-state index contributed by atoms with van der Waals surface area (Å²) >= 11 is 0. The molecule has 0 aromatic heterocycles. The molecule has 0 bridgehead atoms. The fourth-order valence-corrected chi connectivity index (χ4v) is 5.28. The van der Waals surface area contributed by atoms with E-state index in [9.17, 15) is 36.4 Å². The predicted molar refractivity (Wildman–Crippen MR) is 138 cm³/mol. The van der Waals surface area contributed by atoms with Gasteiger partial charge in [0.1, 0.15) is 5.82 Å². The summed E-state index contributed by atoms with van der Waals surface area (Å²) in [4.78, 5) is 21.0. The van der Waals surface area contributed by atoms with Crippen molar-refractivity contribution in [2.75, 3.05) is 26.2 Å². The number of hydrogen-bond acceptors (Lipinski definition) is 3. The molecular weight excluding hydrogens is 534 g/mol. The summed E-state index contributed by atoms with van der Waals surface area (Å²) in [5.41, 5.74) is -0.426. The van der Waals surface area contributed by atoms with Gasteiger partial charge in [-0.2, -0.15) is 18.4 Å². The van der Waals surface area contributed by atoms with Crippen LogP contribution in [0.3, 0.4) is 0 Å². The van der Waals surface area contributed by atoms with Gasteiger partial charge in [-0.3, -0.25) is 4.99 Å². The number of carbonyl (C=O) groups is 1. The van der Waals surface area contributed by atoms with Gasteiger partial charge in [0, 0.05) is 61.3 Å². The van der Waals surface area contributed by atoms with Crippen LogP contribution in [-0.2, 0) is 6.18 Å². The van der Waals surface area contributed by atoms with Gasteiger partial charge in [-0.05, 0) is 43.9 Å². The highest BCUT2D eigenvalue weighted by Gasteiger charge is 2.37. The molecule has 11 heteroatoms. The van der Waals surface area contributed by atoms with E-state index in [0.29, 0.717) is 55.8 Å². The van der Waals surface area contributed by atoms with Crippen molar-refractivity contribution in [2.45, 2.75) is 38.3 Å². The first-order valence-corrected chi connectivity index (χ1v) is 12.9. The van der Waals surface area contributed by atoms with Crippen LogP contribution in [0.1, 0.15) is 48.8 Å². The van der Waals surface area contributed by atoms with Crippen molar-refractivity contribution < 1.29 is 31.1 Å². The zero-order valence-corrected chi connectivity index (χ0v) is 21.8. The average Bonchev–Trinajstić information content (AvgIpc) is 2.93. The Bertz CT molecular complexity index is 1360. The Hall–Kier alpha value is -3.81. The Balaban J connectivity index is 1.63. The molecule has 212 valence electrons. The van der Waals surface area contributed by atoms with Crippen molar-refractivity contribution in [3.05, 3.63) is 77.1 Å². The number of urea groups is 1. The van der Waals surface area contributed by atoms with Gasteiger partial charge in [-0.1, -0.05) is 24.8 Å². The van der Waals surface area contributed by atoms with Gasteiger partial charge in [0.05, 0.1) is 17.3 Å². The molecule has 2 fully saturated rings. The molecule has 0 N–H and O–H groups in total. The SMILES string of the molecule is C=C(N=C(C)C1CC(c2cccc(C(F)(F)F)c2)CN(C(=O)N2CCC(C#N)CC2)C1)c1cc(F)c(F)cc1F. The number of amides is 2. The van der Waals surface area contributed by atoms with Gasteiger partial charge in [0.15, 0.2) is 11.6 Å². The summed E-state index contributed by atoms with van der Waals surface area (Å²) in [6, 6.07) is 7.98. The molecule has 0 aliphatic carbocycles. The smallest absolute Gasteiger partial charge is 0.325 e. The molecule has 2 aromatic carbocycles. The molecule has 2 atom stereocenters. The zero-order chi connectivity index (χ0) is 29.2. The Labute approximate surface area is 228 Å². The van der Waals surface area contributed by atoms with Gasteiger partial charge in [0.25, 0.3) is 0 Å². The second-order valence-electron chi connectivity index (χ2n) is 10.3. The minimum absolute atomic E-state index is 0.131. The van der Waals surface area contributed by atoms with Crippen molar-refractivity contribution in [1.29, 1.82) is 5.26 Å². The third-order valence-electron chi connectivity index (χ3n) is 7.58. The fourth-order valence-electron chi connectivity index (χ4n) is 5.28. The van der Waals surface area contributed by atoms with Crippen LogP contribution in [-0.4, -0.2) is 47.7 Å². The maximum Gasteiger partial charge on any atom is 0.416 e. The van der Waals surface area contributed by atoms with E-state index in [0.717, 1.165) is 12.1 Å². The summed E-state index contributed by atoms with van der Waals surface area (Å²) < 4.78 is 81.8. The van der Waals surface area contributed by atoms with E-state index in [2.05, 4.69) is 17.6 Å². The maximum atomic E-state index is 14.3. The third kappa shape index (κ3) is 6.49. The molecule has 2 aliphatic rings. The highest BCUT2D eigenvalue weighted by molar-refractivity contribution is 5.90. The van der Waals surface area contributed by atoms with Crippen molar-refractivity contribution in [3.8, 4) is 6.07 Å². The quantitative estimate of drug-likeness (QED) is 0.229. The van der Waals surface area contributed by atoms with Crippen LogP contribution >= 0.6 is 0 Å². The van der Waals surface area contributed by atoms with Crippen LogP contribution in [0, 0.1) is 40.6 Å². The molecule has 2 aromatic rings. The van der Waals surface area contributed by atoms with Crippen LogP contribution in [0.15, 0.2) is 48.0 Å². The number of benzene rings is 2. The van der Waals surface area contributed by atoms with E-state index in [-0.39, 0.29) is 36.3 Å². The summed E-state index contributed by atoms with van der Waals surface area (Å²) in [6.45, 7) is 6.50. The maximum absolute atomic E-state index is 14.3. The molecule has 2 aliphatic heterocycles. The minimum atomic E-state index is -4.53. The van der Waals surface area contributed by atoms with Crippen LogP contribution in [0.4, 0.5) is 31.1 Å². The first-order chi connectivity index (χ1) is 18.9. The standard InChI is InChI=1S/C29H28F6N4O/c1-17(37-18(2)24-12-26(31)27(32)13-25(24)30)21-10-22(20-4-3-5-23(11-20)29(33,34)35)16-39(15-21)28(40)38-8-6-19(14-36)7-9-38/h3-5,11-13,19,21-22H,2,6-10,15-16H2,1H3. The Kier molecular flexibility index (Phi) is 8.57. The van der Waals surface area contributed by atoms with E-state index >= 15 is 0 Å². The average molecular weight is 563 g/mol. The summed E-state index contributed by atoms with van der Waals surface area (Å²) in [5.74, 6) is -4.67. The Morgan fingerprint density at radius 2 is 1.70 bits per heavy atom.